The summed E-state index contributed by atoms with van der Waals surface area (Å²) in [5, 5.41) is 8.12. The van der Waals surface area contributed by atoms with Crippen LogP contribution in [0.25, 0.3) is 6.08 Å². The molecular weight excluding hydrogens is 154 g/mol. The Hall–Kier alpha value is -2.02. The van der Waals surface area contributed by atoms with E-state index in [2.05, 4.69) is 4.99 Å². The highest BCUT2D eigenvalue weighted by molar-refractivity contribution is 5.95. The molecule has 0 aliphatic heterocycles. The van der Waals surface area contributed by atoms with Crippen LogP contribution in [0.3, 0.4) is 0 Å². The molecule has 0 bridgehead atoms. The van der Waals surface area contributed by atoms with Crippen molar-refractivity contribution in [3.63, 3.8) is 0 Å². The second-order valence-corrected chi connectivity index (χ2v) is 1.99. The maximum absolute atomic E-state index is 8.12. The van der Waals surface area contributed by atoms with Gasteiger partial charge >= 0.3 is 0 Å². The lowest BCUT2D eigenvalue weighted by Crippen LogP contribution is -2.06. The first-order chi connectivity index (χ1) is 5.83. The summed E-state index contributed by atoms with van der Waals surface area (Å²) in [7, 11) is 0. The first-order valence-corrected chi connectivity index (χ1v) is 3.27. The fourth-order valence-electron chi connectivity index (χ4n) is 0.649. The van der Waals surface area contributed by atoms with Gasteiger partial charge in [-0.15, -0.1) is 0 Å². The summed E-state index contributed by atoms with van der Waals surface area (Å²) < 4.78 is 4.98. The third-order valence-corrected chi connectivity index (χ3v) is 1.14. The maximum atomic E-state index is 8.12. The van der Waals surface area contributed by atoms with E-state index in [0.717, 1.165) is 0 Å². The number of hydrogen-bond donors (Lipinski definition) is 1. The lowest BCUT2D eigenvalue weighted by Gasteiger charge is -1.84. The van der Waals surface area contributed by atoms with Crippen LogP contribution in [0.5, 0.6) is 0 Å². The van der Waals surface area contributed by atoms with Crippen molar-refractivity contribution < 1.29 is 4.42 Å². The van der Waals surface area contributed by atoms with E-state index >= 15 is 0 Å². The standard InChI is InChI=1S/C8H7N3O/c9-6-11-8(10)4-3-7-2-1-5-12-7/h1-5H,(H2,10,11). The van der Waals surface area contributed by atoms with Gasteiger partial charge < -0.3 is 10.2 Å². The molecule has 4 nitrogen and oxygen atoms in total. The number of nitriles is 1. The van der Waals surface area contributed by atoms with Crippen LogP contribution in [0.1, 0.15) is 5.76 Å². The Balaban J connectivity index is 2.64. The molecule has 12 heavy (non-hydrogen) atoms. The van der Waals surface area contributed by atoms with Crippen molar-refractivity contribution in [3.05, 3.63) is 30.2 Å². The normalized spacial score (nSPS) is 11.8. The fraction of sp³-hybridized carbons (Fsp3) is 0. The molecule has 0 fully saturated rings. The van der Waals surface area contributed by atoms with Crippen molar-refractivity contribution in [2.75, 3.05) is 0 Å². The molecule has 4 heteroatoms. The minimum Gasteiger partial charge on any atom is -0.465 e. The van der Waals surface area contributed by atoms with E-state index in [-0.39, 0.29) is 5.84 Å². The molecular formula is C8H7N3O. The summed E-state index contributed by atoms with van der Waals surface area (Å²) in [5.41, 5.74) is 5.30. The van der Waals surface area contributed by atoms with E-state index in [4.69, 9.17) is 15.4 Å². The number of nitrogens with two attached hydrogens (primary N) is 1. The zero-order valence-corrected chi connectivity index (χ0v) is 6.27. The molecule has 0 radical (unpaired) electrons. The Morgan fingerprint density at radius 3 is 3.17 bits per heavy atom. The van der Waals surface area contributed by atoms with Crippen LogP contribution >= 0.6 is 0 Å². The molecule has 0 unspecified atom stereocenters. The molecule has 2 N–H and O–H groups in total. The maximum Gasteiger partial charge on any atom is 0.207 e. The molecule has 0 amide bonds. The predicted octanol–water partition coefficient (Wildman–Crippen LogP) is 1.13. The molecule has 0 aliphatic rings. The van der Waals surface area contributed by atoms with Crippen molar-refractivity contribution in [2.24, 2.45) is 10.7 Å². The molecule has 1 heterocycles. The van der Waals surface area contributed by atoms with Crippen LogP contribution in [0, 0.1) is 11.5 Å². The third-order valence-electron chi connectivity index (χ3n) is 1.14. The second-order valence-electron chi connectivity index (χ2n) is 1.99. The minimum absolute atomic E-state index is 0.161. The molecule has 0 saturated carbocycles. The van der Waals surface area contributed by atoms with Crippen LogP contribution < -0.4 is 5.73 Å². The van der Waals surface area contributed by atoms with Crippen LogP contribution in [0.15, 0.2) is 33.9 Å². The van der Waals surface area contributed by atoms with Gasteiger partial charge in [-0.1, -0.05) is 0 Å². The summed E-state index contributed by atoms with van der Waals surface area (Å²) in [6, 6.07) is 3.54. The van der Waals surface area contributed by atoms with Crippen LogP contribution in [-0.2, 0) is 0 Å². The largest absolute Gasteiger partial charge is 0.465 e. The summed E-state index contributed by atoms with van der Waals surface area (Å²) in [4.78, 5) is 3.30. The summed E-state index contributed by atoms with van der Waals surface area (Å²) in [6.07, 6.45) is 6.27. The average molecular weight is 161 g/mol. The van der Waals surface area contributed by atoms with Crippen molar-refractivity contribution in [3.8, 4) is 6.19 Å². The topological polar surface area (TPSA) is 75.3 Å². The smallest absolute Gasteiger partial charge is 0.207 e. The van der Waals surface area contributed by atoms with Crippen molar-refractivity contribution >= 4 is 11.9 Å². The number of nitrogens with zero attached hydrogens (tertiary/aromatic N) is 2. The Morgan fingerprint density at radius 1 is 1.75 bits per heavy atom. The molecule has 1 rings (SSSR count). The van der Waals surface area contributed by atoms with E-state index < -0.39 is 0 Å². The molecule has 0 aromatic carbocycles. The van der Waals surface area contributed by atoms with Gasteiger partial charge in [0.25, 0.3) is 0 Å². The first kappa shape index (κ1) is 8.08. The van der Waals surface area contributed by atoms with Gasteiger partial charge in [0.1, 0.15) is 11.6 Å². The highest BCUT2D eigenvalue weighted by Crippen LogP contribution is 2.01. The summed E-state index contributed by atoms with van der Waals surface area (Å²) >= 11 is 0. The van der Waals surface area contributed by atoms with E-state index in [1.807, 2.05) is 0 Å². The van der Waals surface area contributed by atoms with E-state index in [0.29, 0.717) is 5.76 Å². The number of furan rings is 1. The Kier molecular flexibility index (Phi) is 2.68. The van der Waals surface area contributed by atoms with Crippen LogP contribution in [0.4, 0.5) is 0 Å². The van der Waals surface area contributed by atoms with Gasteiger partial charge in [0.15, 0.2) is 0 Å². The number of aliphatic imine (C=N–C) groups is 1. The van der Waals surface area contributed by atoms with Crippen molar-refractivity contribution in [2.45, 2.75) is 0 Å². The van der Waals surface area contributed by atoms with Crippen molar-refractivity contribution in [1.82, 2.24) is 0 Å². The Morgan fingerprint density at radius 2 is 2.58 bits per heavy atom. The van der Waals surface area contributed by atoms with E-state index in [1.54, 1.807) is 30.7 Å². The van der Waals surface area contributed by atoms with Crippen LogP contribution in [0.2, 0.25) is 0 Å². The monoisotopic (exact) mass is 161 g/mol. The average Bonchev–Trinajstić information content (AvgIpc) is 2.53. The quantitative estimate of drug-likeness (QED) is 0.401. The Bertz CT molecular complexity index is 330. The number of hydrogen-bond acceptors (Lipinski definition) is 3. The minimum atomic E-state index is 0.161. The molecule has 0 spiro atoms. The zero-order valence-electron chi connectivity index (χ0n) is 6.27. The Labute approximate surface area is 69.6 Å². The highest BCUT2D eigenvalue weighted by atomic mass is 16.3. The molecule has 60 valence electrons. The van der Waals surface area contributed by atoms with Gasteiger partial charge in [0, 0.05) is 0 Å². The summed E-state index contributed by atoms with van der Waals surface area (Å²) in [6.45, 7) is 0. The second kappa shape index (κ2) is 3.98. The third kappa shape index (κ3) is 2.31. The lowest BCUT2D eigenvalue weighted by molar-refractivity contribution is 0.557. The molecule has 1 aromatic heterocycles. The van der Waals surface area contributed by atoms with Gasteiger partial charge in [-0.2, -0.15) is 10.3 Å². The predicted molar refractivity (Wildman–Crippen MR) is 45.0 cm³/mol. The first-order valence-electron chi connectivity index (χ1n) is 3.27. The fourth-order valence-corrected chi connectivity index (χ4v) is 0.649. The van der Waals surface area contributed by atoms with Gasteiger partial charge in [-0.3, -0.25) is 0 Å². The lowest BCUT2D eigenvalue weighted by atomic mass is 10.4. The van der Waals surface area contributed by atoms with Crippen LogP contribution in [-0.4, -0.2) is 5.84 Å². The summed E-state index contributed by atoms with van der Waals surface area (Å²) in [5.74, 6) is 0.833. The van der Waals surface area contributed by atoms with Crippen molar-refractivity contribution in [1.29, 1.82) is 5.26 Å². The highest BCUT2D eigenvalue weighted by Gasteiger charge is 1.87. The molecule has 0 atom stereocenters. The van der Waals surface area contributed by atoms with Gasteiger partial charge in [-0.05, 0) is 24.3 Å². The molecule has 0 saturated heterocycles. The van der Waals surface area contributed by atoms with Gasteiger partial charge in [0.05, 0.1) is 6.26 Å². The SMILES string of the molecule is N#CN=C(N)C=Cc1ccco1. The number of amidine groups is 1. The van der Waals surface area contributed by atoms with E-state index in [9.17, 15) is 0 Å². The molecule has 0 aliphatic carbocycles. The molecule has 1 aromatic rings. The zero-order chi connectivity index (χ0) is 8.81. The number of rotatable bonds is 2. The van der Waals surface area contributed by atoms with E-state index in [1.165, 1.54) is 6.08 Å². The van der Waals surface area contributed by atoms with Gasteiger partial charge in [-0.25, -0.2) is 0 Å². The van der Waals surface area contributed by atoms with Gasteiger partial charge in [0.2, 0.25) is 6.19 Å².